The van der Waals surface area contributed by atoms with E-state index in [0.717, 1.165) is 0 Å². The van der Waals surface area contributed by atoms with Crippen molar-refractivity contribution < 1.29 is 19.5 Å². The predicted molar refractivity (Wildman–Crippen MR) is 76.8 cm³/mol. The van der Waals surface area contributed by atoms with Crippen molar-refractivity contribution in [3.63, 3.8) is 0 Å². The Labute approximate surface area is 123 Å². The highest BCUT2D eigenvalue weighted by atomic mass is 79.9. The maximum Gasteiger partial charge on any atom is 0.337 e. The van der Waals surface area contributed by atoms with Gasteiger partial charge in [0.2, 0.25) is 5.91 Å². The van der Waals surface area contributed by atoms with Crippen molar-refractivity contribution in [3.8, 4) is 0 Å². The van der Waals surface area contributed by atoms with Gasteiger partial charge in [-0.15, -0.1) is 0 Å². The molecule has 0 unspecified atom stereocenters. The van der Waals surface area contributed by atoms with Gasteiger partial charge in [0.1, 0.15) is 0 Å². The molecule has 8 heteroatoms. The van der Waals surface area contributed by atoms with E-state index in [-0.39, 0.29) is 23.7 Å². The highest BCUT2D eigenvalue weighted by Gasteiger charge is 2.12. The first-order valence-electron chi connectivity index (χ1n) is 5.72. The van der Waals surface area contributed by atoms with E-state index in [0.29, 0.717) is 11.0 Å². The Kier molecular flexibility index (Phi) is 5.98. The van der Waals surface area contributed by atoms with E-state index in [4.69, 9.17) is 5.11 Å². The molecular weight excluding hydrogens is 330 g/mol. The molecule has 0 saturated carbocycles. The molecule has 1 aromatic rings. The third kappa shape index (κ3) is 5.27. The normalized spacial score (nSPS) is 9.70. The van der Waals surface area contributed by atoms with Gasteiger partial charge in [0, 0.05) is 24.5 Å². The lowest BCUT2D eigenvalue weighted by atomic mass is 10.2. The number of benzene rings is 1. The monoisotopic (exact) mass is 343 g/mol. The van der Waals surface area contributed by atoms with Gasteiger partial charge in [0.15, 0.2) is 0 Å². The van der Waals surface area contributed by atoms with Crippen LogP contribution in [0.4, 0.5) is 10.5 Å². The Morgan fingerprint density at radius 2 is 1.85 bits per heavy atom. The number of urea groups is 1. The van der Waals surface area contributed by atoms with Gasteiger partial charge in [-0.05, 0) is 18.2 Å². The van der Waals surface area contributed by atoms with Gasteiger partial charge in [-0.3, -0.25) is 4.79 Å². The fourth-order valence-electron chi connectivity index (χ4n) is 1.39. The molecule has 0 aromatic heterocycles. The van der Waals surface area contributed by atoms with Crippen molar-refractivity contribution in [1.29, 1.82) is 0 Å². The SMILES string of the molecule is CC(=O)NCCNC(=O)Nc1cc(Br)ccc1C(=O)O. The molecule has 1 aromatic carbocycles. The smallest absolute Gasteiger partial charge is 0.337 e. The maximum absolute atomic E-state index is 11.6. The van der Waals surface area contributed by atoms with Crippen LogP contribution in [0.15, 0.2) is 22.7 Å². The van der Waals surface area contributed by atoms with E-state index >= 15 is 0 Å². The second-order valence-electron chi connectivity index (χ2n) is 3.86. The van der Waals surface area contributed by atoms with Gasteiger partial charge in [0.25, 0.3) is 0 Å². The number of amides is 3. The number of carboxylic acid groups (broad SMARTS) is 1. The van der Waals surface area contributed by atoms with Gasteiger partial charge < -0.3 is 21.1 Å². The number of anilines is 1. The molecule has 0 aliphatic carbocycles. The molecular formula is C12H14BrN3O4. The van der Waals surface area contributed by atoms with Crippen molar-refractivity contribution in [3.05, 3.63) is 28.2 Å². The van der Waals surface area contributed by atoms with Crippen LogP contribution in [0.2, 0.25) is 0 Å². The van der Waals surface area contributed by atoms with Gasteiger partial charge in [-0.2, -0.15) is 0 Å². The number of halogens is 1. The minimum absolute atomic E-state index is 0.00906. The lowest BCUT2D eigenvalue weighted by Crippen LogP contribution is -2.36. The molecule has 0 fully saturated rings. The lowest BCUT2D eigenvalue weighted by Gasteiger charge is -2.10. The Hall–Kier alpha value is -2.09. The van der Waals surface area contributed by atoms with Crippen LogP contribution in [-0.2, 0) is 4.79 Å². The number of rotatable bonds is 5. The van der Waals surface area contributed by atoms with Crippen molar-refractivity contribution in [1.82, 2.24) is 10.6 Å². The van der Waals surface area contributed by atoms with Crippen molar-refractivity contribution >= 4 is 39.5 Å². The van der Waals surface area contributed by atoms with Gasteiger partial charge in [-0.25, -0.2) is 9.59 Å². The molecule has 1 rings (SSSR count). The summed E-state index contributed by atoms with van der Waals surface area (Å²) in [6, 6.07) is 3.91. The lowest BCUT2D eigenvalue weighted by molar-refractivity contribution is -0.118. The van der Waals surface area contributed by atoms with Crippen LogP contribution in [0.3, 0.4) is 0 Å². The topological polar surface area (TPSA) is 108 Å². The maximum atomic E-state index is 11.6. The van der Waals surface area contributed by atoms with Crippen molar-refractivity contribution in [2.24, 2.45) is 0 Å². The molecule has 3 amide bonds. The Bertz CT molecular complexity index is 533. The average Bonchev–Trinajstić information content (AvgIpc) is 2.34. The summed E-state index contributed by atoms with van der Waals surface area (Å²) in [5, 5.41) is 16.5. The van der Waals surface area contributed by atoms with Crippen LogP contribution in [0, 0.1) is 0 Å². The van der Waals surface area contributed by atoms with E-state index < -0.39 is 12.0 Å². The number of carboxylic acids is 1. The highest BCUT2D eigenvalue weighted by molar-refractivity contribution is 9.10. The van der Waals surface area contributed by atoms with E-state index in [1.807, 2.05) is 0 Å². The number of hydrogen-bond donors (Lipinski definition) is 4. The summed E-state index contributed by atoms with van der Waals surface area (Å²) in [7, 11) is 0. The van der Waals surface area contributed by atoms with E-state index in [9.17, 15) is 14.4 Å². The first-order valence-corrected chi connectivity index (χ1v) is 6.51. The number of aromatic carboxylic acids is 1. The van der Waals surface area contributed by atoms with E-state index in [2.05, 4.69) is 31.9 Å². The van der Waals surface area contributed by atoms with Crippen LogP contribution in [0.5, 0.6) is 0 Å². The van der Waals surface area contributed by atoms with Gasteiger partial charge >= 0.3 is 12.0 Å². The number of nitrogens with one attached hydrogen (secondary N) is 3. The van der Waals surface area contributed by atoms with Gasteiger partial charge in [0.05, 0.1) is 11.3 Å². The number of hydrogen-bond acceptors (Lipinski definition) is 3. The second-order valence-corrected chi connectivity index (χ2v) is 4.77. The molecule has 20 heavy (non-hydrogen) atoms. The molecule has 0 aliphatic heterocycles. The summed E-state index contributed by atoms with van der Waals surface area (Å²) >= 11 is 3.20. The Morgan fingerprint density at radius 3 is 2.45 bits per heavy atom. The quantitative estimate of drug-likeness (QED) is 0.606. The first-order chi connectivity index (χ1) is 9.40. The van der Waals surface area contributed by atoms with E-state index in [1.54, 1.807) is 6.07 Å². The molecule has 0 spiro atoms. The number of carbonyl (C=O) groups excluding carboxylic acids is 2. The fourth-order valence-corrected chi connectivity index (χ4v) is 1.75. The summed E-state index contributed by atoms with van der Waals surface area (Å²) in [5.41, 5.74) is 0.175. The molecule has 0 radical (unpaired) electrons. The molecule has 108 valence electrons. The molecule has 0 heterocycles. The van der Waals surface area contributed by atoms with Gasteiger partial charge in [-0.1, -0.05) is 15.9 Å². The molecule has 0 bridgehead atoms. The zero-order chi connectivity index (χ0) is 15.1. The highest BCUT2D eigenvalue weighted by Crippen LogP contribution is 2.21. The summed E-state index contributed by atoms with van der Waals surface area (Å²) < 4.78 is 0.649. The largest absolute Gasteiger partial charge is 0.478 e. The number of carbonyl (C=O) groups is 3. The van der Waals surface area contributed by atoms with Crippen LogP contribution < -0.4 is 16.0 Å². The average molecular weight is 344 g/mol. The van der Waals surface area contributed by atoms with Crippen LogP contribution in [0.25, 0.3) is 0 Å². The molecule has 0 atom stereocenters. The van der Waals surface area contributed by atoms with Crippen molar-refractivity contribution in [2.75, 3.05) is 18.4 Å². The van der Waals surface area contributed by atoms with Crippen LogP contribution in [0.1, 0.15) is 17.3 Å². The summed E-state index contributed by atoms with van der Waals surface area (Å²) in [4.78, 5) is 33.2. The third-order valence-corrected chi connectivity index (χ3v) is 2.74. The standard InChI is InChI=1S/C12H14BrN3O4/c1-7(17)14-4-5-15-12(20)16-10-6-8(13)2-3-9(10)11(18)19/h2-3,6H,4-5H2,1H3,(H,14,17)(H,18,19)(H2,15,16,20). The van der Waals surface area contributed by atoms with Crippen molar-refractivity contribution in [2.45, 2.75) is 6.92 Å². The minimum Gasteiger partial charge on any atom is -0.478 e. The summed E-state index contributed by atoms with van der Waals surface area (Å²) in [6.45, 7) is 1.91. The van der Waals surface area contributed by atoms with E-state index in [1.165, 1.54) is 19.1 Å². The zero-order valence-electron chi connectivity index (χ0n) is 10.7. The Balaban J connectivity index is 2.59. The summed E-state index contributed by atoms with van der Waals surface area (Å²) in [6.07, 6.45) is 0. The summed E-state index contributed by atoms with van der Waals surface area (Å²) in [5.74, 6) is -1.32. The second kappa shape index (κ2) is 7.49. The molecule has 0 saturated heterocycles. The van der Waals surface area contributed by atoms with Crippen LogP contribution >= 0.6 is 15.9 Å². The fraction of sp³-hybridized carbons (Fsp3) is 0.250. The zero-order valence-corrected chi connectivity index (χ0v) is 12.3. The molecule has 4 N–H and O–H groups in total. The Morgan fingerprint density at radius 1 is 1.20 bits per heavy atom. The minimum atomic E-state index is -1.13. The molecule has 0 aliphatic rings. The predicted octanol–water partition coefficient (Wildman–Crippen LogP) is 1.40. The first kappa shape index (κ1) is 16.0. The van der Waals surface area contributed by atoms with Crippen LogP contribution in [-0.4, -0.2) is 36.1 Å². The molecule has 7 nitrogen and oxygen atoms in total. The third-order valence-electron chi connectivity index (χ3n) is 2.24.